The van der Waals surface area contributed by atoms with Crippen LogP contribution in [0.15, 0.2) is 23.8 Å². The van der Waals surface area contributed by atoms with E-state index in [2.05, 4.69) is 26.5 Å². The molecule has 0 spiro atoms. The first-order valence-electron chi connectivity index (χ1n) is 10.9. The van der Waals surface area contributed by atoms with Crippen LogP contribution in [0.4, 0.5) is 0 Å². The summed E-state index contributed by atoms with van der Waals surface area (Å²) in [6, 6.07) is 0. The normalized spacial score (nSPS) is 43.9. The van der Waals surface area contributed by atoms with E-state index in [1.54, 1.807) is 5.57 Å². The van der Waals surface area contributed by atoms with Crippen molar-refractivity contribution in [2.24, 2.45) is 34.5 Å². The molecule has 4 aliphatic carbocycles. The molecule has 4 rings (SSSR count). The van der Waals surface area contributed by atoms with Crippen LogP contribution in [0.3, 0.4) is 0 Å². The van der Waals surface area contributed by atoms with Crippen LogP contribution in [0.1, 0.15) is 65.2 Å². The van der Waals surface area contributed by atoms with Crippen molar-refractivity contribution in [3.05, 3.63) is 23.8 Å². The van der Waals surface area contributed by atoms with Crippen molar-refractivity contribution in [2.75, 3.05) is 14.2 Å². The lowest BCUT2D eigenvalue weighted by molar-refractivity contribution is -0.148. The lowest BCUT2D eigenvalue weighted by Gasteiger charge is -2.44. The molecule has 0 amide bonds. The van der Waals surface area contributed by atoms with Crippen LogP contribution in [-0.2, 0) is 14.3 Å². The third-order valence-electron chi connectivity index (χ3n) is 8.95. The highest BCUT2D eigenvalue weighted by Crippen LogP contribution is 2.69. The van der Waals surface area contributed by atoms with Crippen molar-refractivity contribution < 1.29 is 14.3 Å². The fourth-order valence-corrected chi connectivity index (χ4v) is 7.34. The van der Waals surface area contributed by atoms with Gasteiger partial charge in [0.15, 0.2) is 0 Å². The summed E-state index contributed by atoms with van der Waals surface area (Å²) in [7, 11) is 3.39. The van der Waals surface area contributed by atoms with E-state index in [4.69, 9.17) is 9.47 Å². The average molecular weight is 373 g/mol. The Morgan fingerprint density at radius 1 is 1.26 bits per heavy atom. The molecule has 4 aliphatic rings. The van der Waals surface area contributed by atoms with E-state index >= 15 is 0 Å². The zero-order chi connectivity index (χ0) is 19.4. The third kappa shape index (κ3) is 2.75. The number of esters is 1. The van der Waals surface area contributed by atoms with Gasteiger partial charge >= 0.3 is 5.97 Å². The van der Waals surface area contributed by atoms with Crippen molar-refractivity contribution in [3.63, 3.8) is 0 Å². The highest BCUT2D eigenvalue weighted by atomic mass is 16.5. The highest BCUT2D eigenvalue weighted by Gasteiger charge is 2.63. The summed E-state index contributed by atoms with van der Waals surface area (Å²) >= 11 is 0. The molecule has 0 aromatic rings. The van der Waals surface area contributed by atoms with Gasteiger partial charge < -0.3 is 9.47 Å². The fraction of sp³-hybridized carbons (Fsp3) is 0.792. The Balaban J connectivity index is 1.59. The maximum Gasteiger partial charge on any atom is 0.308 e. The van der Waals surface area contributed by atoms with Gasteiger partial charge in [0.2, 0.25) is 0 Å². The molecule has 4 saturated carbocycles. The topological polar surface area (TPSA) is 35.5 Å². The molecule has 0 radical (unpaired) electrons. The van der Waals surface area contributed by atoms with Crippen LogP contribution in [0.25, 0.3) is 0 Å². The molecule has 0 unspecified atom stereocenters. The van der Waals surface area contributed by atoms with Gasteiger partial charge in [0.1, 0.15) is 0 Å². The summed E-state index contributed by atoms with van der Waals surface area (Å²) in [5.74, 6) is 1.74. The van der Waals surface area contributed by atoms with Gasteiger partial charge in [-0.15, -0.1) is 0 Å². The Kier molecular flexibility index (Phi) is 4.81. The molecule has 27 heavy (non-hydrogen) atoms. The number of rotatable bonds is 5. The molecule has 3 nitrogen and oxygen atoms in total. The first-order valence-corrected chi connectivity index (χ1v) is 10.9. The zero-order valence-electron chi connectivity index (χ0n) is 17.6. The van der Waals surface area contributed by atoms with Gasteiger partial charge in [-0.25, -0.2) is 0 Å². The first-order chi connectivity index (χ1) is 12.9. The minimum Gasteiger partial charge on any atom is -0.469 e. The lowest BCUT2D eigenvalue weighted by Crippen LogP contribution is -2.38. The Labute approximate surface area is 164 Å². The van der Waals surface area contributed by atoms with Crippen LogP contribution >= 0.6 is 0 Å². The number of hydrogen-bond donors (Lipinski definition) is 0. The predicted molar refractivity (Wildman–Crippen MR) is 107 cm³/mol. The average Bonchev–Trinajstić information content (AvgIpc) is 3.17. The second-order valence-electron chi connectivity index (χ2n) is 9.89. The Morgan fingerprint density at radius 3 is 2.63 bits per heavy atom. The smallest absolute Gasteiger partial charge is 0.308 e. The lowest BCUT2D eigenvalue weighted by atomic mass is 9.61. The Hall–Kier alpha value is -1.09. The van der Waals surface area contributed by atoms with Gasteiger partial charge in [0.25, 0.3) is 0 Å². The molecule has 7 atom stereocenters. The summed E-state index contributed by atoms with van der Waals surface area (Å²) in [4.78, 5) is 12.2. The number of carbonyl (C=O) groups excluding carboxylic acids is 1. The maximum atomic E-state index is 12.2. The van der Waals surface area contributed by atoms with Gasteiger partial charge in [0.05, 0.1) is 19.1 Å². The van der Waals surface area contributed by atoms with Crippen molar-refractivity contribution in [3.8, 4) is 0 Å². The number of allylic oxidation sites excluding steroid dienone is 1. The molecule has 0 aromatic carbocycles. The van der Waals surface area contributed by atoms with Crippen LogP contribution in [-0.4, -0.2) is 26.3 Å². The van der Waals surface area contributed by atoms with Gasteiger partial charge in [0, 0.05) is 12.5 Å². The van der Waals surface area contributed by atoms with E-state index in [1.165, 1.54) is 57.6 Å². The predicted octanol–water partition coefficient (Wildman–Crippen LogP) is 5.31. The van der Waals surface area contributed by atoms with Gasteiger partial charge in [-0.3, -0.25) is 4.79 Å². The van der Waals surface area contributed by atoms with Crippen molar-refractivity contribution in [2.45, 2.75) is 71.3 Å². The zero-order valence-corrected chi connectivity index (χ0v) is 17.6. The van der Waals surface area contributed by atoms with E-state index in [-0.39, 0.29) is 28.8 Å². The molecule has 0 saturated heterocycles. The minimum absolute atomic E-state index is 0.0106. The number of hydrogen-bond acceptors (Lipinski definition) is 3. The molecule has 0 N–H and O–H groups in total. The van der Waals surface area contributed by atoms with Gasteiger partial charge in [-0.1, -0.05) is 37.6 Å². The number of carbonyl (C=O) groups is 1. The molecule has 150 valence electrons. The summed E-state index contributed by atoms with van der Waals surface area (Å²) in [5, 5.41) is 0. The molecule has 0 aliphatic heterocycles. The van der Waals surface area contributed by atoms with Crippen molar-refractivity contribution >= 4 is 5.97 Å². The van der Waals surface area contributed by atoms with E-state index in [0.717, 1.165) is 12.3 Å². The van der Waals surface area contributed by atoms with Crippen LogP contribution in [0, 0.1) is 34.5 Å². The monoisotopic (exact) mass is 372 g/mol. The van der Waals surface area contributed by atoms with Crippen LogP contribution in [0.5, 0.6) is 0 Å². The number of fused-ring (bicyclic) bond motifs is 2. The number of ether oxygens (including phenoxy) is 2. The summed E-state index contributed by atoms with van der Waals surface area (Å²) in [6.45, 7) is 8.89. The van der Waals surface area contributed by atoms with E-state index in [9.17, 15) is 4.79 Å². The molecular weight excluding hydrogens is 336 g/mol. The summed E-state index contributed by atoms with van der Waals surface area (Å²) < 4.78 is 11.1. The molecule has 4 fully saturated rings. The van der Waals surface area contributed by atoms with Crippen molar-refractivity contribution in [1.82, 2.24) is 0 Å². The molecule has 0 heterocycles. The summed E-state index contributed by atoms with van der Waals surface area (Å²) in [6.07, 6.45) is 12.4. The third-order valence-corrected chi connectivity index (χ3v) is 8.95. The largest absolute Gasteiger partial charge is 0.469 e. The fourth-order valence-electron chi connectivity index (χ4n) is 7.34. The molecule has 0 aromatic heterocycles. The minimum atomic E-state index is -0.0466. The Bertz CT molecular complexity index is 665. The van der Waals surface area contributed by atoms with Gasteiger partial charge in [-0.2, -0.15) is 0 Å². The molecule has 0 bridgehead atoms. The summed E-state index contributed by atoms with van der Waals surface area (Å²) in [5.41, 5.74) is 3.45. The Morgan fingerprint density at radius 2 is 2.04 bits per heavy atom. The molecular formula is C24H36O3. The van der Waals surface area contributed by atoms with Gasteiger partial charge in [-0.05, 0) is 74.5 Å². The van der Waals surface area contributed by atoms with Crippen LogP contribution in [0.2, 0.25) is 0 Å². The van der Waals surface area contributed by atoms with E-state index in [0.29, 0.717) is 11.8 Å². The highest BCUT2D eigenvalue weighted by molar-refractivity contribution is 5.72. The van der Waals surface area contributed by atoms with E-state index < -0.39 is 0 Å². The standard InChI is InChI=1S/C24H36O3/c1-15-8-9-18-14-24(15,18)21(26-4)13-17-7-6-12-23(3)19(10-11-20(17)23)16(2)22(25)27-5/h13,16,18-21H,1,6-12,14H2,2-5H3/b17-13+/t16-,18+,19+,20-,21+,23+,24-/m0/s1. The number of methoxy groups -OCH3 is 2. The SMILES string of the molecule is C=C1CC[C@@H]2C[C@]12[C@@H](/C=C1\CCC[C@]2(C)[C@@H]([C@H](C)C(=O)OC)CC[C@@H]12)OC. The quantitative estimate of drug-likeness (QED) is 0.485. The molecule has 3 heteroatoms. The first kappa shape index (κ1) is 19.2. The second-order valence-corrected chi connectivity index (χ2v) is 9.89. The van der Waals surface area contributed by atoms with Crippen molar-refractivity contribution in [1.29, 1.82) is 0 Å². The van der Waals surface area contributed by atoms with E-state index in [1.807, 2.05) is 7.11 Å². The second kappa shape index (κ2) is 6.76. The maximum absolute atomic E-state index is 12.2. The van der Waals surface area contributed by atoms with Crippen LogP contribution < -0.4 is 0 Å².